The highest BCUT2D eigenvalue weighted by molar-refractivity contribution is 5.29. The Hall–Kier alpha value is -1.84. The van der Waals surface area contributed by atoms with Crippen molar-refractivity contribution in [3.8, 4) is 5.75 Å². The molecule has 21 heavy (non-hydrogen) atoms. The van der Waals surface area contributed by atoms with Gasteiger partial charge >= 0.3 is 0 Å². The van der Waals surface area contributed by atoms with Crippen LogP contribution in [-0.2, 0) is 6.42 Å². The Kier molecular flexibility index (Phi) is 5.37. The molecule has 0 unspecified atom stereocenters. The Labute approximate surface area is 126 Å². The molecule has 2 aromatic carbocycles. The molecule has 112 valence electrons. The lowest BCUT2D eigenvalue weighted by molar-refractivity contribution is 0.129. The third kappa shape index (κ3) is 4.59. The summed E-state index contributed by atoms with van der Waals surface area (Å²) in [5.74, 6) is 0.263. The van der Waals surface area contributed by atoms with Crippen molar-refractivity contribution in [1.29, 1.82) is 0 Å². The Morgan fingerprint density at radius 2 is 1.71 bits per heavy atom. The van der Waals surface area contributed by atoms with E-state index in [1.54, 1.807) is 12.1 Å². The topological polar surface area (TPSA) is 52.5 Å². The smallest absolute Gasteiger partial charge is 0.115 e. The molecular weight excluding hydrogens is 262 g/mol. The van der Waals surface area contributed by atoms with Gasteiger partial charge in [-0.15, -0.1) is 0 Å². The number of aliphatic hydroxyl groups excluding tert-OH is 1. The third-order valence-electron chi connectivity index (χ3n) is 3.75. The first-order chi connectivity index (χ1) is 10.1. The van der Waals surface area contributed by atoms with Crippen molar-refractivity contribution in [2.45, 2.75) is 38.5 Å². The third-order valence-corrected chi connectivity index (χ3v) is 3.75. The van der Waals surface area contributed by atoms with E-state index in [0.29, 0.717) is 6.42 Å². The molecular formula is C18H23NO2. The van der Waals surface area contributed by atoms with Crippen molar-refractivity contribution in [2.75, 3.05) is 0 Å². The summed E-state index contributed by atoms with van der Waals surface area (Å²) >= 11 is 0. The minimum Gasteiger partial charge on any atom is -0.508 e. The second kappa shape index (κ2) is 7.25. The monoisotopic (exact) mass is 285 g/mol. The van der Waals surface area contributed by atoms with Crippen LogP contribution in [0.5, 0.6) is 5.75 Å². The molecule has 0 radical (unpaired) electrons. The van der Waals surface area contributed by atoms with Gasteiger partial charge in [0.05, 0.1) is 6.10 Å². The largest absolute Gasteiger partial charge is 0.508 e. The number of benzene rings is 2. The lowest BCUT2D eigenvalue weighted by atomic mass is 10.0. The van der Waals surface area contributed by atoms with Crippen LogP contribution in [0, 0.1) is 0 Å². The van der Waals surface area contributed by atoms with Gasteiger partial charge in [-0.3, -0.25) is 0 Å². The van der Waals surface area contributed by atoms with Crippen LogP contribution in [0.3, 0.4) is 0 Å². The molecule has 0 spiro atoms. The molecule has 0 aliphatic rings. The van der Waals surface area contributed by atoms with Crippen LogP contribution < -0.4 is 5.32 Å². The minimum atomic E-state index is -0.452. The fraction of sp³-hybridized carbons (Fsp3) is 0.333. The molecule has 3 atom stereocenters. The number of nitrogens with one attached hydrogen (secondary N) is 1. The highest BCUT2D eigenvalue weighted by atomic mass is 16.3. The lowest BCUT2D eigenvalue weighted by Crippen LogP contribution is -2.39. The van der Waals surface area contributed by atoms with E-state index in [1.807, 2.05) is 56.3 Å². The Morgan fingerprint density at radius 3 is 2.38 bits per heavy atom. The van der Waals surface area contributed by atoms with Gasteiger partial charge in [0.15, 0.2) is 0 Å². The highest BCUT2D eigenvalue weighted by Crippen LogP contribution is 2.19. The van der Waals surface area contributed by atoms with Crippen molar-refractivity contribution in [1.82, 2.24) is 5.32 Å². The lowest BCUT2D eigenvalue weighted by Gasteiger charge is -2.25. The SMILES string of the molecule is C[C@H](N[C@@H](C)[C@@H](O)Cc1ccccc1)c1cccc(O)c1. The first-order valence-electron chi connectivity index (χ1n) is 7.33. The van der Waals surface area contributed by atoms with Crippen LogP contribution in [0.4, 0.5) is 0 Å². The predicted octanol–water partition coefficient (Wildman–Crippen LogP) is 3.03. The van der Waals surface area contributed by atoms with Gasteiger partial charge in [-0.05, 0) is 43.5 Å². The van der Waals surface area contributed by atoms with Crippen LogP contribution in [0.15, 0.2) is 54.6 Å². The van der Waals surface area contributed by atoms with Crippen LogP contribution in [-0.4, -0.2) is 22.4 Å². The minimum absolute atomic E-state index is 0.0393. The van der Waals surface area contributed by atoms with E-state index in [-0.39, 0.29) is 17.8 Å². The van der Waals surface area contributed by atoms with Gasteiger partial charge in [0.1, 0.15) is 5.75 Å². The van der Waals surface area contributed by atoms with Crippen LogP contribution in [0.2, 0.25) is 0 Å². The fourth-order valence-corrected chi connectivity index (χ4v) is 2.43. The molecule has 0 heterocycles. The first kappa shape index (κ1) is 15.5. The van der Waals surface area contributed by atoms with E-state index in [9.17, 15) is 10.2 Å². The van der Waals surface area contributed by atoms with Gasteiger partial charge in [-0.1, -0.05) is 42.5 Å². The number of hydrogen-bond donors (Lipinski definition) is 3. The van der Waals surface area contributed by atoms with Crippen molar-refractivity contribution < 1.29 is 10.2 Å². The summed E-state index contributed by atoms with van der Waals surface area (Å²) in [5.41, 5.74) is 2.14. The molecule has 0 aliphatic heterocycles. The maximum atomic E-state index is 10.3. The summed E-state index contributed by atoms with van der Waals surface area (Å²) in [4.78, 5) is 0. The quantitative estimate of drug-likeness (QED) is 0.764. The standard InChI is InChI=1S/C18H23NO2/c1-13(16-9-6-10-17(20)12-16)19-14(2)18(21)11-15-7-4-3-5-8-15/h3-10,12-14,18-21H,11H2,1-2H3/t13-,14-,18-/m0/s1. The molecule has 0 bridgehead atoms. The molecule has 0 aromatic heterocycles. The maximum Gasteiger partial charge on any atom is 0.115 e. The van der Waals surface area contributed by atoms with Gasteiger partial charge in [0.2, 0.25) is 0 Å². The van der Waals surface area contributed by atoms with E-state index in [2.05, 4.69) is 5.32 Å². The average Bonchev–Trinajstić information content (AvgIpc) is 2.48. The van der Waals surface area contributed by atoms with E-state index in [1.165, 1.54) is 0 Å². The van der Waals surface area contributed by atoms with E-state index in [4.69, 9.17) is 0 Å². The molecule has 3 nitrogen and oxygen atoms in total. The molecule has 0 fully saturated rings. The molecule has 0 aliphatic carbocycles. The second-order valence-electron chi connectivity index (χ2n) is 5.53. The van der Waals surface area contributed by atoms with Gasteiger partial charge in [0, 0.05) is 12.1 Å². The zero-order chi connectivity index (χ0) is 15.2. The second-order valence-corrected chi connectivity index (χ2v) is 5.53. The summed E-state index contributed by atoms with van der Waals surface area (Å²) in [7, 11) is 0. The zero-order valence-electron chi connectivity index (χ0n) is 12.5. The van der Waals surface area contributed by atoms with Crippen LogP contribution in [0.1, 0.15) is 31.0 Å². The van der Waals surface area contributed by atoms with Gasteiger partial charge in [-0.2, -0.15) is 0 Å². The average molecular weight is 285 g/mol. The van der Waals surface area contributed by atoms with Crippen molar-refractivity contribution in [2.24, 2.45) is 0 Å². The van der Waals surface area contributed by atoms with E-state index >= 15 is 0 Å². The van der Waals surface area contributed by atoms with Crippen molar-refractivity contribution in [3.05, 3.63) is 65.7 Å². The maximum absolute atomic E-state index is 10.3. The Morgan fingerprint density at radius 1 is 1.00 bits per heavy atom. The van der Waals surface area contributed by atoms with E-state index in [0.717, 1.165) is 11.1 Å². The number of aliphatic hydroxyl groups is 1. The molecule has 0 saturated heterocycles. The summed E-state index contributed by atoms with van der Waals surface area (Å²) < 4.78 is 0. The first-order valence-corrected chi connectivity index (χ1v) is 7.33. The number of phenolic OH excluding ortho intramolecular Hbond substituents is 1. The number of rotatable bonds is 6. The molecule has 3 heteroatoms. The predicted molar refractivity (Wildman–Crippen MR) is 85.3 cm³/mol. The number of aromatic hydroxyl groups is 1. The van der Waals surface area contributed by atoms with Gasteiger partial charge in [0.25, 0.3) is 0 Å². The summed E-state index contributed by atoms with van der Waals surface area (Å²) in [6.45, 7) is 4.01. The van der Waals surface area contributed by atoms with Crippen LogP contribution >= 0.6 is 0 Å². The molecule has 2 rings (SSSR count). The Bertz CT molecular complexity index is 556. The zero-order valence-corrected chi connectivity index (χ0v) is 12.5. The number of hydrogen-bond acceptors (Lipinski definition) is 3. The fourth-order valence-electron chi connectivity index (χ4n) is 2.43. The number of phenols is 1. The van der Waals surface area contributed by atoms with Crippen molar-refractivity contribution >= 4 is 0 Å². The Balaban J connectivity index is 1.92. The summed E-state index contributed by atoms with van der Waals surface area (Å²) in [6, 6.07) is 17.2. The molecule has 0 saturated carbocycles. The highest BCUT2D eigenvalue weighted by Gasteiger charge is 2.17. The van der Waals surface area contributed by atoms with Gasteiger partial charge in [-0.25, -0.2) is 0 Å². The molecule has 2 aromatic rings. The van der Waals surface area contributed by atoms with Crippen LogP contribution in [0.25, 0.3) is 0 Å². The summed E-state index contributed by atoms with van der Waals surface area (Å²) in [6.07, 6.45) is 0.175. The van der Waals surface area contributed by atoms with Gasteiger partial charge < -0.3 is 15.5 Å². The summed E-state index contributed by atoms with van der Waals surface area (Å²) in [5, 5.41) is 23.2. The normalized spacial score (nSPS) is 15.4. The van der Waals surface area contributed by atoms with Crippen molar-refractivity contribution in [3.63, 3.8) is 0 Å². The van der Waals surface area contributed by atoms with E-state index < -0.39 is 6.10 Å². The molecule has 0 amide bonds. The molecule has 3 N–H and O–H groups in total.